The minimum Gasteiger partial charge on any atom is -0.456 e. The molecule has 170 valence electrons. The number of rotatable bonds is 3. The Labute approximate surface area is 207 Å². The second-order valence-electron chi connectivity index (χ2n) is 9.17. The van der Waals surface area contributed by atoms with Gasteiger partial charge < -0.3 is 10.2 Å². The average molecular weight is 463 g/mol. The molecule has 0 amide bonds. The SMILES string of the molecule is N=C(N)c1ccccc1-c1cccc2oc3ccc(-c4ccc5c(ccc6ccccc65)c4)cc3c12. The molecular weight excluding hydrogens is 440 g/mol. The molecule has 0 radical (unpaired) electrons. The van der Waals surface area contributed by atoms with E-state index in [1.165, 1.54) is 21.5 Å². The van der Waals surface area contributed by atoms with E-state index in [2.05, 4.69) is 78.9 Å². The van der Waals surface area contributed by atoms with E-state index in [-0.39, 0.29) is 5.84 Å². The maximum absolute atomic E-state index is 8.08. The van der Waals surface area contributed by atoms with Gasteiger partial charge in [-0.15, -0.1) is 0 Å². The second-order valence-corrected chi connectivity index (χ2v) is 9.17. The van der Waals surface area contributed by atoms with E-state index < -0.39 is 0 Å². The minimum atomic E-state index is 0.0554. The van der Waals surface area contributed by atoms with E-state index in [0.717, 1.165) is 49.8 Å². The fourth-order valence-corrected chi connectivity index (χ4v) is 5.38. The summed E-state index contributed by atoms with van der Waals surface area (Å²) in [6, 6.07) is 39.8. The number of hydrogen-bond acceptors (Lipinski definition) is 2. The van der Waals surface area contributed by atoms with E-state index in [1.807, 2.05) is 36.4 Å². The zero-order chi connectivity index (χ0) is 24.2. The van der Waals surface area contributed by atoms with Crippen molar-refractivity contribution in [3.05, 3.63) is 121 Å². The molecule has 3 N–H and O–H groups in total. The molecule has 0 saturated carbocycles. The fraction of sp³-hybridized carbons (Fsp3) is 0. The third-order valence-electron chi connectivity index (χ3n) is 7.08. The van der Waals surface area contributed by atoms with Gasteiger partial charge in [0.05, 0.1) is 0 Å². The standard InChI is InChI=1S/C33H22N2O/c34-33(35)28-9-4-3-8-26(28)27-10-5-11-31-32(27)29-19-22(15-17-30(29)36-31)21-14-16-25-23(18-21)13-12-20-6-1-2-7-24(20)25/h1-19H,(H3,34,35). The van der Waals surface area contributed by atoms with Gasteiger partial charge in [0.1, 0.15) is 17.0 Å². The third-order valence-corrected chi connectivity index (χ3v) is 7.08. The first-order valence-corrected chi connectivity index (χ1v) is 12.0. The number of amidine groups is 1. The zero-order valence-corrected chi connectivity index (χ0v) is 19.5. The lowest BCUT2D eigenvalue weighted by atomic mass is 9.93. The van der Waals surface area contributed by atoms with Gasteiger partial charge in [0.15, 0.2) is 0 Å². The van der Waals surface area contributed by atoms with E-state index in [9.17, 15) is 0 Å². The summed E-state index contributed by atoms with van der Waals surface area (Å²) >= 11 is 0. The number of nitrogens with one attached hydrogen (secondary N) is 1. The van der Waals surface area contributed by atoms with Crippen molar-refractivity contribution in [2.45, 2.75) is 0 Å². The fourth-order valence-electron chi connectivity index (χ4n) is 5.38. The predicted molar refractivity (Wildman–Crippen MR) is 151 cm³/mol. The van der Waals surface area contributed by atoms with Gasteiger partial charge in [-0.25, -0.2) is 0 Å². The Morgan fingerprint density at radius 2 is 1.28 bits per heavy atom. The van der Waals surface area contributed by atoms with Crippen molar-refractivity contribution in [2.75, 3.05) is 0 Å². The second kappa shape index (κ2) is 7.82. The molecule has 0 atom stereocenters. The molecule has 36 heavy (non-hydrogen) atoms. The first kappa shape index (κ1) is 20.5. The Balaban J connectivity index is 1.45. The van der Waals surface area contributed by atoms with Crippen LogP contribution >= 0.6 is 0 Å². The Morgan fingerprint density at radius 1 is 0.556 bits per heavy atom. The van der Waals surface area contributed by atoms with Gasteiger partial charge in [-0.2, -0.15) is 0 Å². The maximum Gasteiger partial charge on any atom is 0.136 e. The van der Waals surface area contributed by atoms with Gasteiger partial charge >= 0.3 is 0 Å². The molecule has 7 rings (SSSR count). The number of benzene rings is 6. The quantitative estimate of drug-likeness (QED) is 0.157. The van der Waals surface area contributed by atoms with Crippen LogP contribution in [0.1, 0.15) is 5.56 Å². The van der Waals surface area contributed by atoms with Crippen LogP contribution in [0.3, 0.4) is 0 Å². The monoisotopic (exact) mass is 462 g/mol. The molecule has 0 saturated heterocycles. The van der Waals surface area contributed by atoms with Gasteiger partial charge in [0.2, 0.25) is 0 Å². The molecule has 3 nitrogen and oxygen atoms in total. The summed E-state index contributed by atoms with van der Waals surface area (Å²) in [6.45, 7) is 0. The molecule has 0 aliphatic rings. The van der Waals surface area contributed by atoms with Crippen molar-refractivity contribution in [1.29, 1.82) is 5.41 Å². The first-order chi connectivity index (χ1) is 17.7. The van der Waals surface area contributed by atoms with Gasteiger partial charge in [-0.3, -0.25) is 5.41 Å². The van der Waals surface area contributed by atoms with Gasteiger partial charge in [-0.1, -0.05) is 91.0 Å². The smallest absolute Gasteiger partial charge is 0.136 e. The van der Waals surface area contributed by atoms with E-state index in [4.69, 9.17) is 15.6 Å². The lowest BCUT2D eigenvalue weighted by molar-refractivity contribution is 0.669. The van der Waals surface area contributed by atoms with Crippen LogP contribution in [0.2, 0.25) is 0 Å². The largest absolute Gasteiger partial charge is 0.456 e. The van der Waals surface area contributed by atoms with Crippen LogP contribution in [0.5, 0.6) is 0 Å². The third kappa shape index (κ3) is 3.10. The van der Waals surface area contributed by atoms with Crippen molar-refractivity contribution >= 4 is 49.3 Å². The molecule has 0 aliphatic carbocycles. The normalized spacial score (nSPS) is 11.6. The van der Waals surface area contributed by atoms with Gasteiger partial charge in [0, 0.05) is 16.3 Å². The maximum atomic E-state index is 8.08. The van der Waals surface area contributed by atoms with Crippen molar-refractivity contribution in [1.82, 2.24) is 0 Å². The molecule has 1 aromatic heterocycles. The van der Waals surface area contributed by atoms with Crippen LogP contribution in [-0.4, -0.2) is 5.84 Å². The molecule has 3 heteroatoms. The Bertz CT molecular complexity index is 1980. The Kier molecular flexibility index (Phi) is 4.45. The van der Waals surface area contributed by atoms with E-state index >= 15 is 0 Å². The molecule has 7 aromatic rings. The van der Waals surface area contributed by atoms with Crippen LogP contribution in [0, 0.1) is 5.41 Å². The summed E-state index contributed by atoms with van der Waals surface area (Å²) in [7, 11) is 0. The van der Waals surface area contributed by atoms with Crippen molar-refractivity contribution in [3.63, 3.8) is 0 Å². The Hall–Kier alpha value is -4.89. The topological polar surface area (TPSA) is 63.0 Å². The number of fused-ring (bicyclic) bond motifs is 6. The molecule has 1 heterocycles. The molecular formula is C33H22N2O. The molecule has 0 aliphatic heterocycles. The average Bonchev–Trinajstić information content (AvgIpc) is 3.31. The molecule has 6 aromatic carbocycles. The van der Waals surface area contributed by atoms with E-state index in [0.29, 0.717) is 0 Å². The highest BCUT2D eigenvalue weighted by atomic mass is 16.3. The highest BCUT2D eigenvalue weighted by Gasteiger charge is 2.16. The summed E-state index contributed by atoms with van der Waals surface area (Å²) < 4.78 is 6.24. The van der Waals surface area contributed by atoms with Gasteiger partial charge in [0.25, 0.3) is 0 Å². The zero-order valence-electron chi connectivity index (χ0n) is 19.5. The minimum absolute atomic E-state index is 0.0554. The molecule has 0 spiro atoms. The summed E-state index contributed by atoms with van der Waals surface area (Å²) in [4.78, 5) is 0. The molecule has 0 fully saturated rings. The summed E-state index contributed by atoms with van der Waals surface area (Å²) in [6.07, 6.45) is 0. The van der Waals surface area contributed by atoms with Crippen LogP contribution in [-0.2, 0) is 0 Å². The lowest BCUT2D eigenvalue weighted by Gasteiger charge is -2.10. The van der Waals surface area contributed by atoms with E-state index in [1.54, 1.807) is 0 Å². The number of furan rings is 1. The number of nitrogens with two attached hydrogens (primary N) is 1. The highest BCUT2D eigenvalue weighted by Crippen LogP contribution is 2.40. The summed E-state index contributed by atoms with van der Waals surface area (Å²) in [5.74, 6) is 0.0554. The highest BCUT2D eigenvalue weighted by molar-refractivity contribution is 6.16. The predicted octanol–water partition coefficient (Wildman–Crippen LogP) is 8.51. The first-order valence-electron chi connectivity index (χ1n) is 12.0. The van der Waals surface area contributed by atoms with Crippen LogP contribution in [0.15, 0.2) is 120 Å². The number of nitrogen functional groups attached to an aromatic ring is 1. The van der Waals surface area contributed by atoms with Gasteiger partial charge in [-0.05, 0) is 68.1 Å². The van der Waals surface area contributed by atoms with Crippen molar-refractivity contribution < 1.29 is 4.42 Å². The van der Waals surface area contributed by atoms with Crippen LogP contribution in [0.4, 0.5) is 0 Å². The van der Waals surface area contributed by atoms with Crippen LogP contribution < -0.4 is 5.73 Å². The van der Waals surface area contributed by atoms with Crippen LogP contribution in [0.25, 0.3) is 65.7 Å². The summed E-state index contributed by atoms with van der Waals surface area (Å²) in [5.41, 5.74) is 12.5. The Morgan fingerprint density at radius 3 is 2.19 bits per heavy atom. The van der Waals surface area contributed by atoms with Crippen molar-refractivity contribution in [2.24, 2.45) is 5.73 Å². The molecule has 0 bridgehead atoms. The molecule has 0 unspecified atom stereocenters. The lowest BCUT2D eigenvalue weighted by Crippen LogP contribution is -2.12. The summed E-state index contributed by atoms with van der Waals surface area (Å²) in [5, 5.41) is 15.2. The number of hydrogen-bond donors (Lipinski definition) is 2. The van der Waals surface area contributed by atoms with Crippen molar-refractivity contribution in [3.8, 4) is 22.3 Å².